The van der Waals surface area contributed by atoms with Gasteiger partial charge in [-0.15, -0.1) is 0 Å². The summed E-state index contributed by atoms with van der Waals surface area (Å²) >= 11 is 0. The van der Waals surface area contributed by atoms with E-state index in [1.165, 1.54) is 12.1 Å². The number of H-pyrrole nitrogens is 1. The summed E-state index contributed by atoms with van der Waals surface area (Å²) < 4.78 is 0. The lowest BCUT2D eigenvalue weighted by Gasteiger charge is -2.19. The maximum atomic E-state index is 11.8. The molecule has 6 heteroatoms. The minimum Gasteiger partial charge on any atom is -0.373 e. The normalized spacial score (nSPS) is 10.1. The molecule has 0 saturated heterocycles. The highest BCUT2D eigenvalue weighted by Crippen LogP contribution is 2.09. The predicted octanol–water partition coefficient (Wildman–Crippen LogP) is 0.636. The van der Waals surface area contributed by atoms with Crippen LogP contribution in [0.5, 0.6) is 0 Å². The molecule has 1 aromatic heterocycles. The Hall–Kier alpha value is -2.63. The van der Waals surface area contributed by atoms with Crippen molar-refractivity contribution in [1.29, 1.82) is 0 Å². The number of hydrogen-bond acceptors (Lipinski definition) is 4. The van der Waals surface area contributed by atoms with Crippen LogP contribution in [0.1, 0.15) is 10.5 Å². The molecule has 0 bridgehead atoms. The van der Waals surface area contributed by atoms with Crippen molar-refractivity contribution < 1.29 is 4.79 Å². The van der Waals surface area contributed by atoms with Gasteiger partial charge in [-0.2, -0.15) is 5.10 Å². The first-order valence-electron chi connectivity index (χ1n) is 6.27. The zero-order valence-corrected chi connectivity index (χ0v) is 11.2. The molecular formula is C14H16N4O2. The van der Waals surface area contributed by atoms with Gasteiger partial charge in [-0.25, -0.2) is 5.10 Å². The molecule has 0 saturated carbocycles. The van der Waals surface area contributed by atoms with E-state index in [1.807, 2.05) is 42.3 Å². The molecule has 0 spiro atoms. The highest BCUT2D eigenvalue weighted by Gasteiger charge is 2.07. The van der Waals surface area contributed by atoms with E-state index in [9.17, 15) is 9.59 Å². The molecule has 1 amide bonds. The molecule has 0 unspecified atom stereocenters. The zero-order valence-electron chi connectivity index (χ0n) is 11.2. The van der Waals surface area contributed by atoms with Gasteiger partial charge in [-0.05, 0) is 18.2 Å². The van der Waals surface area contributed by atoms with Crippen LogP contribution < -0.4 is 15.8 Å². The number of carbonyl (C=O) groups is 1. The zero-order chi connectivity index (χ0) is 14.4. The minimum atomic E-state index is -0.328. The molecule has 20 heavy (non-hydrogen) atoms. The molecule has 1 heterocycles. The molecule has 1 aromatic carbocycles. The number of aromatic nitrogens is 2. The Morgan fingerprint density at radius 2 is 2.00 bits per heavy atom. The number of aromatic amines is 1. The summed E-state index contributed by atoms with van der Waals surface area (Å²) in [5.74, 6) is -0.303. The first-order chi connectivity index (χ1) is 9.66. The Kier molecular flexibility index (Phi) is 4.49. The number of benzene rings is 1. The average molecular weight is 272 g/mol. The van der Waals surface area contributed by atoms with Crippen LogP contribution in [0.4, 0.5) is 5.69 Å². The van der Waals surface area contributed by atoms with E-state index in [0.717, 1.165) is 5.69 Å². The molecule has 0 atom stereocenters. The quantitative estimate of drug-likeness (QED) is 0.837. The van der Waals surface area contributed by atoms with Crippen molar-refractivity contribution in [2.45, 2.75) is 0 Å². The van der Waals surface area contributed by atoms with Gasteiger partial charge in [-0.1, -0.05) is 18.2 Å². The van der Waals surface area contributed by atoms with Crippen molar-refractivity contribution >= 4 is 11.6 Å². The van der Waals surface area contributed by atoms with Crippen molar-refractivity contribution in [2.24, 2.45) is 0 Å². The summed E-state index contributed by atoms with van der Waals surface area (Å²) in [7, 11) is 1.96. The summed E-state index contributed by atoms with van der Waals surface area (Å²) in [6, 6.07) is 12.6. The van der Waals surface area contributed by atoms with Gasteiger partial charge in [0.15, 0.2) is 0 Å². The number of para-hydroxylation sites is 1. The lowest BCUT2D eigenvalue weighted by Crippen LogP contribution is -2.33. The number of amides is 1. The van der Waals surface area contributed by atoms with Crippen LogP contribution in [-0.4, -0.2) is 36.2 Å². The van der Waals surface area contributed by atoms with E-state index >= 15 is 0 Å². The molecular weight excluding hydrogens is 256 g/mol. The standard InChI is InChI=1S/C14H16N4O2/c1-18(11-5-3-2-4-6-11)10-9-15-14(20)12-7-8-13(19)17-16-12/h2-8H,9-10H2,1H3,(H,15,20)(H,17,19). The van der Waals surface area contributed by atoms with E-state index in [0.29, 0.717) is 13.1 Å². The molecule has 0 aliphatic heterocycles. The summed E-state index contributed by atoms with van der Waals surface area (Å²) in [6.45, 7) is 1.17. The second-order valence-corrected chi connectivity index (χ2v) is 4.32. The Bertz CT molecular complexity index is 604. The van der Waals surface area contributed by atoms with Gasteiger partial charge in [0.25, 0.3) is 11.5 Å². The maximum Gasteiger partial charge on any atom is 0.271 e. The number of rotatable bonds is 5. The fourth-order valence-electron chi connectivity index (χ4n) is 1.71. The number of hydrogen-bond donors (Lipinski definition) is 2. The van der Waals surface area contributed by atoms with Crippen molar-refractivity contribution in [2.75, 3.05) is 25.0 Å². The van der Waals surface area contributed by atoms with Crippen LogP contribution >= 0.6 is 0 Å². The van der Waals surface area contributed by atoms with E-state index in [1.54, 1.807) is 0 Å². The number of nitrogens with zero attached hydrogens (tertiary/aromatic N) is 2. The van der Waals surface area contributed by atoms with Gasteiger partial charge < -0.3 is 10.2 Å². The SMILES string of the molecule is CN(CCNC(=O)c1ccc(=O)[nH]n1)c1ccccc1. The highest BCUT2D eigenvalue weighted by atomic mass is 16.2. The topological polar surface area (TPSA) is 78.1 Å². The third-order valence-corrected chi connectivity index (χ3v) is 2.84. The molecule has 0 aliphatic rings. The van der Waals surface area contributed by atoms with E-state index in [4.69, 9.17) is 0 Å². The summed E-state index contributed by atoms with van der Waals surface area (Å²) in [6.07, 6.45) is 0. The molecule has 2 rings (SSSR count). The minimum absolute atomic E-state index is 0.201. The van der Waals surface area contributed by atoms with Crippen molar-refractivity contribution in [3.05, 3.63) is 58.5 Å². The first kappa shape index (κ1) is 13.8. The smallest absolute Gasteiger partial charge is 0.271 e. The molecule has 2 N–H and O–H groups in total. The predicted molar refractivity (Wildman–Crippen MR) is 76.9 cm³/mol. The Morgan fingerprint density at radius 1 is 1.25 bits per heavy atom. The third kappa shape index (κ3) is 3.68. The molecule has 0 aliphatic carbocycles. The average Bonchev–Trinajstić information content (AvgIpc) is 2.48. The summed E-state index contributed by atoms with van der Waals surface area (Å²) in [5, 5.41) is 8.65. The van der Waals surface area contributed by atoms with Gasteiger partial charge in [-0.3, -0.25) is 9.59 Å². The molecule has 0 fully saturated rings. The van der Waals surface area contributed by atoms with Crippen molar-refractivity contribution in [1.82, 2.24) is 15.5 Å². The second-order valence-electron chi connectivity index (χ2n) is 4.32. The fraction of sp³-hybridized carbons (Fsp3) is 0.214. The monoisotopic (exact) mass is 272 g/mol. The highest BCUT2D eigenvalue weighted by molar-refractivity contribution is 5.91. The lowest BCUT2D eigenvalue weighted by molar-refractivity contribution is 0.0948. The Balaban J connectivity index is 1.82. The van der Waals surface area contributed by atoms with E-state index in [2.05, 4.69) is 15.5 Å². The van der Waals surface area contributed by atoms with Gasteiger partial charge in [0.05, 0.1) is 0 Å². The number of nitrogens with one attached hydrogen (secondary N) is 2. The van der Waals surface area contributed by atoms with Crippen LogP contribution in [-0.2, 0) is 0 Å². The molecule has 2 aromatic rings. The second kappa shape index (κ2) is 6.51. The first-order valence-corrected chi connectivity index (χ1v) is 6.27. The van der Waals surface area contributed by atoms with Crippen LogP contribution in [0.15, 0.2) is 47.3 Å². The van der Waals surface area contributed by atoms with Crippen LogP contribution in [0.25, 0.3) is 0 Å². The van der Waals surface area contributed by atoms with Crippen molar-refractivity contribution in [3.8, 4) is 0 Å². The van der Waals surface area contributed by atoms with Gasteiger partial charge >= 0.3 is 0 Å². The van der Waals surface area contributed by atoms with Crippen LogP contribution in [0.3, 0.4) is 0 Å². The maximum absolute atomic E-state index is 11.8. The molecule has 104 valence electrons. The van der Waals surface area contributed by atoms with Crippen molar-refractivity contribution in [3.63, 3.8) is 0 Å². The third-order valence-electron chi connectivity index (χ3n) is 2.84. The largest absolute Gasteiger partial charge is 0.373 e. The summed E-state index contributed by atoms with van der Waals surface area (Å²) in [4.78, 5) is 24.7. The van der Waals surface area contributed by atoms with E-state index in [-0.39, 0.29) is 17.2 Å². The van der Waals surface area contributed by atoms with Gasteiger partial charge in [0.1, 0.15) is 5.69 Å². The number of carbonyl (C=O) groups excluding carboxylic acids is 1. The Labute approximate surface area is 116 Å². The van der Waals surface area contributed by atoms with Crippen LogP contribution in [0.2, 0.25) is 0 Å². The van der Waals surface area contributed by atoms with Crippen LogP contribution in [0, 0.1) is 0 Å². The summed E-state index contributed by atoms with van der Waals surface area (Å²) in [5.41, 5.74) is 0.959. The van der Waals surface area contributed by atoms with Gasteiger partial charge in [0, 0.05) is 31.9 Å². The number of likely N-dealkylation sites (N-methyl/N-ethyl adjacent to an activating group) is 1. The number of anilines is 1. The van der Waals surface area contributed by atoms with Gasteiger partial charge in [0.2, 0.25) is 0 Å². The Morgan fingerprint density at radius 3 is 2.65 bits per heavy atom. The fourth-order valence-corrected chi connectivity index (χ4v) is 1.71. The molecule has 0 radical (unpaired) electrons. The molecule has 6 nitrogen and oxygen atoms in total. The lowest BCUT2D eigenvalue weighted by atomic mass is 10.3. The van der Waals surface area contributed by atoms with E-state index < -0.39 is 0 Å².